The number of hydrogen-bond acceptors (Lipinski definition) is 5. The van der Waals surface area contributed by atoms with Crippen molar-refractivity contribution in [2.24, 2.45) is 10.9 Å². The SMILES string of the molecule is CC1CN=C(NCc2ccc3c(c2)OCO3)SC1. The molecule has 3 rings (SSSR count). The molecule has 0 spiro atoms. The minimum Gasteiger partial charge on any atom is -0.454 e. The van der Waals surface area contributed by atoms with E-state index in [0.717, 1.165) is 35.5 Å². The summed E-state index contributed by atoms with van der Waals surface area (Å²) in [6.07, 6.45) is 0. The fraction of sp³-hybridized carbons (Fsp3) is 0.462. The average molecular weight is 264 g/mol. The maximum atomic E-state index is 5.36. The zero-order valence-corrected chi connectivity index (χ0v) is 11.1. The lowest BCUT2D eigenvalue weighted by Crippen LogP contribution is -2.25. The number of nitrogens with one attached hydrogen (secondary N) is 1. The van der Waals surface area contributed by atoms with E-state index < -0.39 is 0 Å². The van der Waals surface area contributed by atoms with Crippen LogP contribution in [-0.2, 0) is 6.54 Å². The number of rotatable bonds is 2. The smallest absolute Gasteiger partial charge is 0.231 e. The van der Waals surface area contributed by atoms with Gasteiger partial charge in [0.2, 0.25) is 6.79 Å². The maximum Gasteiger partial charge on any atom is 0.231 e. The predicted octanol–water partition coefficient (Wildman–Crippen LogP) is 2.24. The molecule has 0 amide bonds. The Bertz CT molecular complexity index is 476. The number of nitrogens with zero attached hydrogens (tertiary/aromatic N) is 1. The lowest BCUT2D eigenvalue weighted by molar-refractivity contribution is 0.174. The van der Waals surface area contributed by atoms with Crippen molar-refractivity contribution < 1.29 is 9.47 Å². The van der Waals surface area contributed by atoms with Gasteiger partial charge in [0.25, 0.3) is 0 Å². The third-order valence-electron chi connectivity index (χ3n) is 2.93. The Morgan fingerprint density at radius 1 is 1.39 bits per heavy atom. The van der Waals surface area contributed by atoms with Gasteiger partial charge in [0, 0.05) is 18.8 Å². The average Bonchev–Trinajstić information content (AvgIpc) is 2.85. The normalized spacial score (nSPS) is 21.6. The van der Waals surface area contributed by atoms with E-state index >= 15 is 0 Å². The molecule has 1 aromatic rings. The fourth-order valence-corrected chi connectivity index (χ4v) is 2.78. The van der Waals surface area contributed by atoms with Crippen molar-refractivity contribution in [3.8, 4) is 11.5 Å². The van der Waals surface area contributed by atoms with E-state index in [9.17, 15) is 0 Å². The molecule has 0 aliphatic carbocycles. The Labute approximate surface area is 111 Å². The third kappa shape index (κ3) is 2.56. The molecule has 2 aliphatic heterocycles. The molecule has 0 radical (unpaired) electrons. The largest absolute Gasteiger partial charge is 0.454 e. The molecule has 1 aromatic carbocycles. The highest BCUT2D eigenvalue weighted by Crippen LogP contribution is 2.32. The van der Waals surface area contributed by atoms with Crippen molar-refractivity contribution in [2.75, 3.05) is 19.1 Å². The van der Waals surface area contributed by atoms with Gasteiger partial charge in [-0.25, -0.2) is 0 Å². The van der Waals surface area contributed by atoms with Crippen LogP contribution in [-0.4, -0.2) is 24.3 Å². The van der Waals surface area contributed by atoms with E-state index in [1.807, 2.05) is 12.1 Å². The minimum absolute atomic E-state index is 0.326. The first kappa shape index (κ1) is 11.7. The number of thioether (sulfide) groups is 1. The van der Waals surface area contributed by atoms with Gasteiger partial charge in [-0.05, 0) is 23.6 Å². The topological polar surface area (TPSA) is 42.9 Å². The lowest BCUT2D eigenvalue weighted by Gasteiger charge is -2.17. The Balaban J connectivity index is 1.60. The molecule has 2 aliphatic rings. The van der Waals surface area contributed by atoms with E-state index in [-0.39, 0.29) is 0 Å². The van der Waals surface area contributed by atoms with Crippen LogP contribution in [0, 0.1) is 5.92 Å². The first-order valence-electron chi connectivity index (χ1n) is 6.11. The van der Waals surface area contributed by atoms with Gasteiger partial charge in [0.05, 0.1) is 0 Å². The molecule has 2 heterocycles. The van der Waals surface area contributed by atoms with Crippen molar-refractivity contribution in [1.29, 1.82) is 0 Å². The fourth-order valence-electron chi connectivity index (χ4n) is 1.89. The van der Waals surface area contributed by atoms with Gasteiger partial charge in [-0.3, -0.25) is 4.99 Å². The monoisotopic (exact) mass is 264 g/mol. The summed E-state index contributed by atoms with van der Waals surface area (Å²) in [5.74, 6) is 3.50. The number of hydrogen-bond donors (Lipinski definition) is 1. The number of fused-ring (bicyclic) bond motifs is 1. The molecule has 0 aromatic heterocycles. The summed E-state index contributed by atoms with van der Waals surface area (Å²) in [7, 11) is 0. The van der Waals surface area contributed by atoms with Gasteiger partial charge in [-0.15, -0.1) is 0 Å². The lowest BCUT2D eigenvalue weighted by atomic mass is 10.2. The highest BCUT2D eigenvalue weighted by Gasteiger charge is 2.14. The Kier molecular flexibility index (Phi) is 3.32. The molecule has 1 N–H and O–H groups in total. The zero-order chi connectivity index (χ0) is 12.4. The molecular formula is C13H16N2O2S. The number of aliphatic imine (C=N–C) groups is 1. The van der Waals surface area contributed by atoms with E-state index in [1.54, 1.807) is 11.8 Å². The van der Waals surface area contributed by atoms with Gasteiger partial charge < -0.3 is 14.8 Å². The summed E-state index contributed by atoms with van der Waals surface area (Å²) < 4.78 is 10.6. The summed E-state index contributed by atoms with van der Waals surface area (Å²) in [6.45, 7) is 4.26. The highest BCUT2D eigenvalue weighted by atomic mass is 32.2. The van der Waals surface area contributed by atoms with Gasteiger partial charge in [0.1, 0.15) is 0 Å². The molecule has 96 valence electrons. The zero-order valence-electron chi connectivity index (χ0n) is 10.3. The van der Waals surface area contributed by atoms with Gasteiger partial charge >= 0.3 is 0 Å². The highest BCUT2D eigenvalue weighted by molar-refractivity contribution is 8.13. The van der Waals surface area contributed by atoms with Crippen molar-refractivity contribution >= 4 is 16.9 Å². The van der Waals surface area contributed by atoms with E-state index in [4.69, 9.17) is 9.47 Å². The van der Waals surface area contributed by atoms with Gasteiger partial charge in [0.15, 0.2) is 16.7 Å². The van der Waals surface area contributed by atoms with Crippen molar-refractivity contribution in [2.45, 2.75) is 13.5 Å². The second-order valence-electron chi connectivity index (χ2n) is 4.60. The first-order chi connectivity index (χ1) is 8.81. The van der Waals surface area contributed by atoms with Crippen LogP contribution in [0.15, 0.2) is 23.2 Å². The van der Waals surface area contributed by atoms with Crippen LogP contribution in [0.4, 0.5) is 0 Å². The van der Waals surface area contributed by atoms with Crippen LogP contribution in [0.25, 0.3) is 0 Å². The molecule has 5 heteroatoms. The van der Waals surface area contributed by atoms with Crippen LogP contribution >= 0.6 is 11.8 Å². The molecule has 4 nitrogen and oxygen atoms in total. The molecular weight excluding hydrogens is 248 g/mol. The predicted molar refractivity (Wildman–Crippen MR) is 73.3 cm³/mol. The molecule has 0 saturated heterocycles. The van der Waals surface area contributed by atoms with Crippen LogP contribution in [0.1, 0.15) is 12.5 Å². The minimum atomic E-state index is 0.326. The van der Waals surface area contributed by atoms with E-state index in [1.165, 1.54) is 5.56 Å². The van der Waals surface area contributed by atoms with Crippen molar-refractivity contribution in [3.63, 3.8) is 0 Å². The number of ether oxygens (including phenoxy) is 2. The Hall–Kier alpha value is -1.36. The molecule has 0 saturated carbocycles. The Morgan fingerprint density at radius 2 is 2.28 bits per heavy atom. The standard InChI is InChI=1S/C13H16N2O2S/c1-9-5-14-13(18-7-9)15-6-10-2-3-11-12(4-10)17-8-16-11/h2-4,9H,5-8H2,1H3,(H,14,15). The van der Waals surface area contributed by atoms with Crippen molar-refractivity contribution in [3.05, 3.63) is 23.8 Å². The molecule has 1 atom stereocenters. The second-order valence-corrected chi connectivity index (χ2v) is 5.61. The van der Waals surface area contributed by atoms with Crippen LogP contribution < -0.4 is 14.8 Å². The van der Waals surface area contributed by atoms with Crippen molar-refractivity contribution in [1.82, 2.24) is 5.32 Å². The summed E-state index contributed by atoms with van der Waals surface area (Å²) in [5, 5.41) is 4.41. The number of amidine groups is 1. The molecule has 0 fully saturated rings. The molecule has 18 heavy (non-hydrogen) atoms. The van der Waals surface area contributed by atoms with Crippen LogP contribution in [0.5, 0.6) is 11.5 Å². The summed E-state index contributed by atoms with van der Waals surface area (Å²) in [6, 6.07) is 6.03. The summed E-state index contributed by atoms with van der Waals surface area (Å²) >= 11 is 1.80. The van der Waals surface area contributed by atoms with Gasteiger partial charge in [-0.1, -0.05) is 24.8 Å². The van der Waals surface area contributed by atoms with E-state index in [0.29, 0.717) is 12.7 Å². The second kappa shape index (κ2) is 5.10. The molecule has 0 bridgehead atoms. The molecule has 1 unspecified atom stereocenters. The van der Waals surface area contributed by atoms with Crippen LogP contribution in [0.3, 0.4) is 0 Å². The summed E-state index contributed by atoms with van der Waals surface area (Å²) in [4.78, 5) is 4.51. The first-order valence-corrected chi connectivity index (χ1v) is 7.09. The van der Waals surface area contributed by atoms with Gasteiger partial charge in [-0.2, -0.15) is 0 Å². The quantitative estimate of drug-likeness (QED) is 0.889. The Morgan fingerprint density at radius 3 is 3.11 bits per heavy atom. The number of benzene rings is 1. The van der Waals surface area contributed by atoms with Crippen LogP contribution in [0.2, 0.25) is 0 Å². The third-order valence-corrected chi connectivity index (χ3v) is 4.21. The maximum absolute atomic E-state index is 5.36. The van der Waals surface area contributed by atoms with E-state index in [2.05, 4.69) is 23.3 Å². The summed E-state index contributed by atoms with van der Waals surface area (Å²) in [5.41, 5.74) is 1.18.